The first-order valence-corrected chi connectivity index (χ1v) is 5.18. The largest absolute Gasteiger partial charge is 0.340 e. The maximum Gasteiger partial charge on any atom is 0.287 e. The van der Waals surface area contributed by atoms with E-state index in [-0.39, 0.29) is 11.4 Å². The lowest BCUT2D eigenvalue weighted by Crippen LogP contribution is -1.96. The van der Waals surface area contributed by atoms with E-state index in [2.05, 4.69) is 10.3 Å². The zero-order valence-corrected chi connectivity index (χ0v) is 9.52. The number of pyridine rings is 1. The first-order chi connectivity index (χ1) is 9.06. The number of nitro benzene ring substituents is 1. The Kier molecular flexibility index (Phi) is 3.33. The molecule has 0 saturated carbocycles. The molecule has 0 saturated heterocycles. The highest BCUT2D eigenvalue weighted by atomic mass is 16.6. The second-order valence-electron chi connectivity index (χ2n) is 3.59. The van der Waals surface area contributed by atoms with E-state index in [1.54, 1.807) is 6.07 Å². The Morgan fingerprint density at radius 3 is 2.32 bits per heavy atom. The maximum atomic E-state index is 10.6. The van der Waals surface area contributed by atoms with Crippen LogP contribution in [-0.4, -0.2) is 14.8 Å². The average Bonchev–Trinajstić information content (AvgIpc) is 2.39. The van der Waals surface area contributed by atoms with E-state index in [1.807, 2.05) is 0 Å². The third-order valence-electron chi connectivity index (χ3n) is 2.29. The summed E-state index contributed by atoms with van der Waals surface area (Å²) in [5, 5.41) is 23.9. The number of non-ortho nitro benzene ring substituents is 1. The molecule has 96 valence electrons. The van der Waals surface area contributed by atoms with Crippen LogP contribution in [0.15, 0.2) is 42.6 Å². The summed E-state index contributed by atoms with van der Waals surface area (Å²) in [6.07, 6.45) is 1.11. The molecule has 19 heavy (non-hydrogen) atoms. The summed E-state index contributed by atoms with van der Waals surface area (Å²) in [7, 11) is 0. The lowest BCUT2D eigenvalue weighted by molar-refractivity contribution is -0.385. The molecule has 0 radical (unpaired) electrons. The summed E-state index contributed by atoms with van der Waals surface area (Å²) >= 11 is 0. The third kappa shape index (κ3) is 3.00. The van der Waals surface area contributed by atoms with Crippen molar-refractivity contribution in [2.75, 3.05) is 5.32 Å². The minimum atomic E-state index is -0.551. The van der Waals surface area contributed by atoms with Gasteiger partial charge in [-0.25, -0.2) is 4.98 Å². The highest BCUT2D eigenvalue weighted by Crippen LogP contribution is 2.21. The average molecular weight is 260 g/mol. The molecule has 0 aliphatic rings. The van der Waals surface area contributed by atoms with Crippen LogP contribution in [-0.2, 0) is 0 Å². The van der Waals surface area contributed by atoms with Crippen molar-refractivity contribution in [2.24, 2.45) is 0 Å². The summed E-state index contributed by atoms with van der Waals surface area (Å²) in [4.78, 5) is 23.9. The molecule has 0 bridgehead atoms. The van der Waals surface area contributed by atoms with Gasteiger partial charge in [-0.2, -0.15) is 0 Å². The second-order valence-corrected chi connectivity index (χ2v) is 3.59. The number of hydrogen-bond acceptors (Lipinski definition) is 6. The fraction of sp³-hybridized carbons (Fsp3) is 0. The molecule has 1 aromatic carbocycles. The number of nitro groups is 2. The van der Waals surface area contributed by atoms with Gasteiger partial charge in [0.2, 0.25) is 0 Å². The van der Waals surface area contributed by atoms with Crippen molar-refractivity contribution < 1.29 is 9.85 Å². The quantitative estimate of drug-likeness (QED) is 0.668. The van der Waals surface area contributed by atoms with Crippen molar-refractivity contribution in [3.63, 3.8) is 0 Å². The van der Waals surface area contributed by atoms with Crippen LogP contribution < -0.4 is 5.32 Å². The lowest BCUT2D eigenvalue weighted by atomic mass is 10.3. The van der Waals surface area contributed by atoms with Crippen LogP contribution in [0.2, 0.25) is 0 Å². The fourth-order valence-corrected chi connectivity index (χ4v) is 1.41. The van der Waals surface area contributed by atoms with Crippen molar-refractivity contribution >= 4 is 22.9 Å². The Hall–Kier alpha value is -3.03. The van der Waals surface area contributed by atoms with Crippen molar-refractivity contribution in [3.05, 3.63) is 62.8 Å². The zero-order valence-electron chi connectivity index (χ0n) is 9.52. The van der Waals surface area contributed by atoms with Crippen molar-refractivity contribution in [2.45, 2.75) is 0 Å². The Morgan fingerprint density at radius 1 is 1.00 bits per heavy atom. The van der Waals surface area contributed by atoms with E-state index in [9.17, 15) is 20.2 Å². The van der Waals surface area contributed by atoms with Crippen molar-refractivity contribution in [3.8, 4) is 0 Å². The van der Waals surface area contributed by atoms with Gasteiger partial charge < -0.3 is 5.32 Å². The molecule has 0 aliphatic heterocycles. The molecule has 0 spiro atoms. The second kappa shape index (κ2) is 5.08. The summed E-state index contributed by atoms with van der Waals surface area (Å²) in [6.45, 7) is 0. The van der Waals surface area contributed by atoms with Crippen LogP contribution in [0.4, 0.5) is 22.9 Å². The number of hydrogen-bond donors (Lipinski definition) is 1. The van der Waals surface area contributed by atoms with Crippen LogP contribution in [0.25, 0.3) is 0 Å². The molecule has 2 rings (SSSR count). The summed E-state index contributed by atoms with van der Waals surface area (Å²) in [5.41, 5.74) is 0.312. The molecule has 0 amide bonds. The molecule has 8 heteroatoms. The summed E-state index contributed by atoms with van der Waals surface area (Å²) < 4.78 is 0. The van der Waals surface area contributed by atoms with E-state index in [0.29, 0.717) is 11.5 Å². The number of aromatic nitrogens is 1. The number of benzene rings is 1. The fourth-order valence-electron chi connectivity index (χ4n) is 1.41. The van der Waals surface area contributed by atoms with Gasteiger partial charge in [-0.1, -0.05) is 6.07 Å². The maximum absolute atomic E-state index is 10.6. The van der Waals surface area contributed by atoms with Gasteiger partial charge in [-0.3, -0.25) is 20.2 Å². The van der Waals surface area contributed by atoms with Gasteiger partial charge >= 0.3 is 0 Å². The SMILES string of the molecule is O=[N+]([O-])c1ccc(Nc2cccc([N+](=O)[O-])c2)nc1. The number of rotatable bonds is 4. The summed E-state index contributed by atoms with van der Waals surface area (Å²) in [5.74, 6) is 0.367. The molecule has 0 unspecified atom stereocenters. The molecule has 1 heterocycles. The summed E-state index contributed by atoms with van der Waals surface area (Å²) in [6, 6.07) is 8.61. The van der Waals surface area contributed by atoms with Gasteiger partial charge in [-0.15, -0.1) is 0 Å². The molecule has 1 N–H and O–H groups in total. The van der Waals surface area contributed by atoms with Gasteiger partial charge in [0.15, 0.2) is 0 Å². The Morgan fingerprint density at radius 2 is 1.74 bits per heavy atom. The molecule has 0 atom stereocenters. The number of nitrogens with one attached hydrogen (secondary N) is 1. The first-order valence-electron chi connectivity index (χ1n) is 5.18. The minimum absolute atomic E-state index is 0.0492. The molecule has 1 aromatic heterocycles. The highest BCUT2D eigenvalue weighted by molar-refractivity contribution is 5.60. The van der Waals surface area contributed by atoms with Crippen molar-refractivity contribution in [1.82, 2.24) is 4.98 Å². The Bertz CT molecular complexity index is 627. The molecular formula is C11H8N4O4. The smallest absolute Gasteiger partial charge is 0.287 e. The lowest BCUT2D eigenvalue weighted by Gasteiger charge is -2.04. The van der Waals surface area contributed by atoms with E-state index >= 15 is 0 Å². The van der Waals surface area contributed by atoms with E-state index in [4.69, 9.17) is 0 Å². The zero-order chi connectivity index (χ0) is 13.8. The van der Waals surface area contributed by atoms with Gasteiger partial charge in [0.25, 0.3) is 11.4 Å². The topological polar surface area (TPSA) is 111 Å². The van der Waals surface area contributed by atoms with Gasteiger partial charge in [0.05, 0.1) is 9.85 Å². The van der Waals surface area contributed by atoms with Crippen LogP contribution in [0.1, 0.15) is 0 Å². The monoisotopic (exact) mass is 260 g/mol. The van der Waals surface area contributed by atoms with E-state index in [1.165, 1.54) is 30.3 Å². The van der Waals surface area contributed by atoms with Crippen LogP contribution >= 0.6 is 0 Å². The normalized spacial score (nSPS) is 9.89. The first kappa shape index (κ1) is 12.4. The standard InChI is InChI=1S/C11H8N4O4/c16-14(17)9-3-1-2-8(6-9)13-11-5-4-10(7-12-11)15(18)19/h1-7H,(H,12,13). The Labute approximate surface area is 107 Å². The van der Waals surface area contributed by atoms with Crippen LogP contribution in [0.5, 0.6) is 0 Å². The van der Waals surface area contributed by atoms with Crippen molar-refractivity contribution in [1.29, 1.82) is 0 Å². The number of anilines is 2. The molecule has 0 fully saturated rings. The third-order valence-corrected chi connectivity index (χ3v) is 2.29. The highest BCUT2D eigenvalue weighted by Gasteiger charge is 2.08. The predicted molar refractivity (Wildman–Crippen MR) is 67.3 cm³/mol. The molecule has 8 nitrogen and oxygen atoms in total. The van der Waals surface area contributed by atoms with Gasteiger partial charge in [-0.05, 0) is 12.1 Å². The van der Waals surface area contributed by atoms with E-state index in [0.717, 1.165) is 6.20 Å². The molecule has 2 aromatic rings. The number of nitrogens with zero attached hydrogens (tertiary/aromatic N) is 3. The molecular weight excluding hydrogens is 252 g/mol. The van der Waals surface area contributed by atoms with Gasteiger partial charge in [0, 0.05) is 23.9 Å². The molecule has 0 aliphatic carbocycles. The van der Waals surface area contributed by atoms with Crippen LogP contribution in [0, 0.1) is 20.2 Å². The predicted octanol–water partition coefficient (Wildman–Crippen LogP) is 2.64. The van der Waals surface area contributed by atoms with Crippen LogP contribution in [0.3, 0.4) is 0 Å². The Balaban J connectivity index is 2.19. The minimum Gasteiger partial charge on any atom is -0.340 e. The van der Waals surface area contributed by atoms with E-state index < -0.39 is 9.85 Å². The van der Waals surface area contributed by atoms with Gasteiger partial charge in [0.1, 0.15) is 12.0 Å².